The predicted octanol–water partition coefficient (Wildman–Crippen LogP) is 1.99. The second kappa shape index (κ2) is 6.83. The zero-order chi connectivity index (χ0) is 15.2. The van der Waals surface area contributed by atoms with Crippen LogP contribution in [-0.2, 0) is 16.4 Å². The van der Waals surface area contributed by atoms with Gasteiger partial charge in [0.25, 0.3) is 0 Å². The van der Waals surface area contributed by atoms with Gasteiger partial charge in [-0.05, 0) is 19.1 Å². The minimum Gasteiger partial charge on any atom is -0.492 e. The first-order chi connectivity index (χ1) is 10.2. The van der Waals surface area contributed by atoms with E-state index in [9.17, 15) is 0 Å². The first-order valence-corrected chi connectivity index (χ1v) is 6.31. The molecular formula is C14H15N3O4. The van der Waals surface area contributed by atoms with Gasteiger partial charge in [-0.2, -0.15) is 5.26 Å². The standard InChI is InChI=1S/C14H15N3O4/c1-4-20-21-8-11-13(18-2)12-10(14(17-11)19-3)6-5-9(7-15)16-12/h5-6H,4,8H2,1-3H3. The van der Waals surface area contributed by atoms with Gasteiger partial charge in [-0.15, -0.1) is 0 Å². The Morgan fingerprint density at radius 3 is 2.57 bits per heavy atom. The third-order valence-corrected chi connectivity index (χ3v) is 2.75. The van der Waals surface area contributed by atoms with Gasteiger partial charge in [-0.1, -0.05) is 0 Å². The molecule has 0 amide bonds. The summed E-state index contributed by atoms with van der Waals surface area (Å²) < 4.78 is 10.6. The van der Waals surface area contributed by atoms with Gasteiger partial charge in [0.2, 0.25) is 5.88 Å². The van der Waals surface area contributed by atoms with Crippen molar-refractivity contribution in [2.24, 2.45) is 0 Å². The van der Waals surface area contributed by atoms with Crippen LogP contribution in [-0.4, -0.2) is 30.8 Å². The van der Waals surface area contributed by atoms with Crippen LogP contribution in [0.3, 0.4) is 0 Å². The number of pyridine rings is 2. The van der Waals surface area contributed by atoms with E-state index in [1.807, 2.05) is 13.0 Å². The molecule has 0 radical (unpaired) electrons. The molecule has 110 valence electrons. The van der Waals surface area contributed by atoms with Crippen molar-refractivity contribution in [2.45, 2.75) is 13.5 Å². The highest BCUT2D eigenvalue weighted by atomic mass is 17.2. The summed E-state index contributed by atoms with van der Waals surface area (Å²) in [5, 5.41) is 9.65. The Labute approximate surface area is 122 Å². The number of methoxy groups -OCH3 is 2. The summed E-state index contributed by atoms with van der Waals surface area (Å²) in [4.78, 5) is 18.5. The van der Waals surface area contributed by atoms with E-state index >= 15 is 0 Å². The van der Waals surface area contributed by atoms with Crippen molar-refractivity contribution in [3.05, 3.63) is 23.5 Å². The molecule has 0 saturated carbocycles. The molecular weight excluding hydrogens is 274 g/mol. The minimum absolute atomic E-state index is 0.0851. The Morgan fingerprint density at radius 1 is 1.14 bits per heavy atom. The van der Waals surface area contributed by atoms with Crippen LogP contribution >= 0.6 is 0 Å². The Balaban J connectivity index is 2.60. The highest BCUT2D eigenvalue weighted by Gasteiger charge is 2.17. The number of hydrogen-bond acceptors (Lipinski definition) is 7. The second-order valence-corrected chi connectivity index (χ2v) is 3.97. The van der Waals surface area contributed by atoms with E-state index in [4.69, 9.17) is 24.5 Å². The van der Waals surface area contributed by atoms with Crippen LogP contribution in [0, 0.1) is 11.3 Å². The van der Waals surface area contributed by atoms with Crippen LogP contribution in [0.2, 0.25) is 0 Å². The molecule has 0 bridgehead atoms. The number of nitrogens with zero attached hydrogens (tertiary/aromatic N) is 3. The van der Waals surface area contributed by atoms with Gasteiger partial charge in [-0.3, -0.25) is 0 Å². The lowest BCUT2D eigenvalue weighted by molar-refractivity contribution is -0.301. The van der Waals surface area contributed by atoms with E-state index in [1.54, 1.807) is 12.1 Å². The highest BCUT2D eigenvalue weighted by molar-refractivity contribution is 5.89. The third kappa shape index (κ3) is 3.02. The van der Waals surface area contributed by atoms with Crippen molar-refractivity contribution in [2.75, 3.05) is 20.8 Å². The maximum atomic E-state index is 8.98. The Morgan fingerprint density at radius 2 is 1.95 bits per heavy atom. The van der Waals surface area contributed by atoms with Crippen molar-refractivity contribution in [1.29, 1.82) is 5.26 Å². The van der Waals surface area contributed by atoms with E-state index in [1.165, 1.54) is 14.2 Å². The van der Waals surface area contributed by atoms with Crippen molar-refractivity contribution in [3.63, 3.8) is 0 Å². The van der Waals surface area contributed by atoms with Gasteiger partial charge in [0, 0.05) is 0 Å². The normalized spacial score (nSPS) is 10.4. The highest BCUT2D eigenvalue weighted by Crippen LogP contribution is 2.33. The largest absolute Gasteiger partial charge is 0.492 e. The number of hydrogen-bond donors (Lipinski definition) is 0. The minimum atomic E-state index is 0.0851. The molecule has 2 rings (SSSR count). The summed E-state index contributed by atoms with van der Waals surface area (Å²) in [6.07, 6.45) is 0. The van der Waals surface area contributed by atoms with E-state index < -0.39 is 0 Å². The first kappa shape index (κ1) is 15.0. The Kier molecular flexibility index (Phi) is 4.87. The lowest BCUT2D eigenvalue weighted by Gasteiger charge is -2.13. The van der Waals surface area contributed by atoms with Crippen LogP contribution in [0.25, 0.3) is 10.9 Å². The summed E-state index contributed by atoms with van der Waals surface area (Å²) in [6, 6.07) is 5.32. The molecule has 0 aliphatic heterocycles. The van der Waals surface area contributed by atoms with Gasteiger partial charge < -0.3 is 9.47 Å². The topological polar surface area (TPSA) is 86.5 Å². The number of nitriles is 1. The third-order valence-electron chi connectivity index (χ3n) is 2.75. The van der Waals surface area contributed by atoms with Crippen molar-refractivity contribution >= 4 is 10.9 Å². The van der Waals surface area contributed by atoms with Crippen molar-refractivity contribution in [1.82, 2.24) is 9.97 Å². The predicted molar refractivity (Wildman–Crippen MR) is 73.8 cm³/mol. The molecule has 0 spiro atoms. The number of aromatic nitrogens is 2. The molecule has 0 aliphatic carbocycles. The summed E-state index contributed by atoms with van der Waals surface area (Å²) in [7, 11) is 3.02. The summed E-state index contributed by atoms with van der Waals surface area (Å²) in [5.41, 5.74) is 1.27. The fourth-order valence-electron chi connectivity index (χ4n) is 1.89. The monoisotopic (exact) mass is 289 g/mol. The van der Waals surface area contributed by atoms with Crippen molar-refractivity contribution in [3.8, 4) is 17.7 Å². The molecule has 21 heavy (non-hydrogen) atoms. The van der Waals surface area contributed by atoms with Crippen LogP contribution in [0.1, 0.15) is 18.3 Å². The fourth-order valence-corrected chi connectivity index (χ4v) is 1.89. The first-order valence-electron chi connectivity index (χ1n) is 6.31. The maximum Gasteiger partial charge on any atom is 0.223 e. The molecule has 0 unspecified atom stereocenters. The summed E-state index contributed by atoms with van der Waals surface area (Å²) >= 11 is 0. The van der Waals surface area contributed by atoms with E-state index in [0.717, 1.165) is 0 Å². The number of rotatable bonds is 6. The average Bonchev–Trinajstić information content (AvgIpc) is 2.53. The molecule has 0 N–H and O–H groups in total. The second-order valence-electron chi connectivity index (χ2n) is 3.97. The van der Waals surface area contributed by atoms with Gasteiger partial charge in [-0.25, -0.2) is 19.7 Å². The number of fused-ring (bicyclic) bond motifs is 1. The maximum absolute atomic E-state index is 8.98. The number of ether oxygens (including phenoxy) is 2. The lowest BCUT2D eigenvalue weighted by atomic mass is 10.2. The van der Waals surface area contributed by atoms with E-state index in [2.05, 4.69) is 9.97 Å². The van der Waals surface area contributed by atoms with Crippen molar-refractivity contribution < 1.29 is 19.2 Å². The quantitative estimate of drug-likeness (QED) is 0.456. The molecule has 2 aromatic heterocycles. The van der Waals surface area contributed by atoms with Crippen LogP contribution in [0.15, 0.2) is 12.1 Å². The zero-order valence-electron chi connectivity index (χ0n) is 12.0. The molecule has 0 fully saturated rings. The average molecular weight is 289 g/mol. The smallest absolute Gasteiger partial charge is 0.223 e. The van der Waals surface area contributed by atoms with Crippen LogP contribution in [0.5, 0.6) is 11.6 Å². The molecule has 0 aromatic carbocycles. The molecule has 7 heteroatoms. The Hall–Kier alpha value is -2.43. The zero-order valence-corrected chi connectivity index (χ0v) is 12.0. The molecule has 0 saturated heterocycles. The van der Waals surface area contributed by atoms with E-state index in [-0.39, 0.29) is 12.3 Å². The molecule has 0 aliphatic rings. The molecule has 7 nitrogen and oxygen atoms in total. The van der Waals surface area contributed by atoms with Gasteiger partial charge in [0.05, 0.1) is 26.2 Å². The van der Waals surface area contributed by atoms with Crippen LogP contribution < -0.4 is 9.47 Å². The van der Waals surface area contributed by atoms with E-state index in [0.29, 0.717) is 34.8 Å². The molecule has 2 aromatic rings. The fraction of sp³-hybridized carbons (Fsp3) is 0.357. The molecule has 0 atom stereocenters. The van der Waals surface area contributed by atoms with Gasteiger partial charge in [0.15, 0.2) is 5.75 Å². The van der Waals surface area contributed by atoms with Gasteiger partial charge >= 0.3 is 0 Å². The SMILES string of the molecule is CCOOCc1nc(OC)c2ccc(C#N)nc2c1OC. The summed E-state index contributed by atoms with van der Waals surface area (Å²) in [6.45, 7) is 2.32. The van der Waals surface area contributed by atoms with Gasteiger partial charge in [0.1, 0.15) is 29.6 Å². The summed E-state index contributed by atoms with van der Waals surface area (Å²) in [5.74, 6) is 0.820. The van der Waals surface area contributed by atoms with Crippen LogP contribution in [0.4, 0.5) is 0 Å². The Bertz CT molecular complexity index is 682. The lowest BCUT2D eigenvalue weighted by Crippen LogP contribution is -2.04. The molecule has 2 heterocycles.